The van der Waals surface area contributed by atoms with E-state index in [0.29, 0.717) is 37.2 Å². The van der Waals surface area contributed by atoms with Crippen LogP contribution in [-0.2, 0) is 20.7 Å². The van der Waals surface area contributed by atoms with Crippen molar-refractivity contribution in [2.24, 2.45) is 5.92 Å². The van der Waals surface area contributed by atoms with Crippen LogP contribution in [0.5, 0.6) is 0 Å². The van der Waals surface area contributed by atoms with Gasteiger partial charge >= 0.3 is 5.97 Å². The first-order valence-corrected chi connectivity index (χ1v) is 7.45. The highest BCUT2D eigenvalue weighted by atomic mass is 79.9. The van der Waals surface area contributed by atoms with Gasteiger partial charge in [-0.15, -0.1) is 0 Å². The molecule has 1 aliphatic carbocycles. The molecule has 2 rings (SSSR count). The Morgan fingerprint density at radius 2 is 2.30 bits per heavy atom. The number of ether oxygens (including phenoxy) is 1. The fourth-order valence-electron chi connectivity index (χ4n) is 2.46. The highest BCUT2D eigenvalue weighted by Gasteiger charge is 2.31. The zero-order valence-electron chi connectivity index (χ0n) is 11.6. The zero-order chi connectivity index (χ0) is 14.7. The number of carbonyl (C=O) groups is 2. The molecule has 1 atom stereocenters. The molecule has 5 heteroatoms. The molecule has 0 fully saturated rings. The lowest BCUT2D eigenvalue weighted by molar-refractivity contribution is -0.147. The second-order valence-electron chi connectivity index (χ2n) is 4.80. The number of furan rings is 1. The van der Waals surface area contributed by atoms with E-state index in [2.05, 4.69) is 15.9 Å². The summed E-state index contributed by atoms with van der Waals surface area (Å²) in [6.45, 7) is 3.98. The lowest BCUT2D eigenvalue weighted by Crippen LogP contribution is -2.27. The monoisotopic (exact) mass is 340 g/mol. The molecule has 0 saturated heterocycles. The van der Waals surface area contributed by atoms with Gasteiger partial charge in [0.2, 0.25) is 0 Å². The van der Waals surface area contributed by atoms with E-state index in [9.17, 15) is 9.59 Å². The molecule has 0 aromatic carbocycles. The smallest absolute Gasteiger partial charge is 0.313 e. The molecule has 20 heavy (non-hydrogen) atoms. The summed E-state index contributed by atoms with van der Waals surface area (Å²) in [5, 5.41) is 0. The summed E-state index contributed by atoms with van der Waals surface area (Å²) in [6.07, 6.45) is 2.90. The fraction of sp³-hybridized carbons (Fsp3) is 0.467. The molecule has 108 valence electrons. The maximum Gasteiger partial charge on any atom is 0.313 e. The topological polar surface area (TPSA) is 56.5 Å². The van der Waals surface area contributed by atoms with E-state index in [0.717, 1.165) is 10.0 Å². The van der Waals surface area contributed by atoms with E-state index in [1.54, 1.807) is 19.3 Å². The third-order valence-corrected chi connectivity index (χ3v) is 4.30. The van der Waals surface area contributed by atoms with Gasteiger partial charge in [0.25, 0.3) is 0 Å². The van der Waals surface area contributed by atoms with Crippen LogP contribution in [0.15, 0.2) is 32.4 Å². The zero-order valence-corrected chi connectivity index (χ0v) is 13.2. The van der Waals surface area contributed by atoms with Crippen molar-refractivity contribution in [3.63, 3.8) is 0 Å². The number of halogens is 1. The van der Waals surface area contributed by atoms with Gasteiger partial charge in [-0.05, 0) is 42.3 Å². The van der Waals surface area contributed by atoms with Crippen LogP contribution in [0.3, 0.4) is 0 Å². The first kappa shape index (κ1) is 15.0. The number of Topliss-reactive ketones (excluding diaryl/α,β-unsaturated/α-hetero) is 1. The van der Waals surface area contributed by atoms with Gasteiger partial charge in [0.05, 0.1) is 23.3 Å². The van der Waals surface area contributed by atoms with Crippen molar-refractivity contribution in [2.75, 3.05) is 6.61 Å². The highest BCUT2D eigenvalue weighted by molar-refractivity contribution is 9.10. The van der Waals surface area contributed by atoms with Crippen LogP contribution < -0.4 is 0 Å². The maximum absolute atomic E-state index is 12.1. The maximum atomic E-state index is 12.1. The molecule has 1 unspecified atom stereocenters. The van der Waals surface area contributed by atoms with Crippen molar-refractivity contribution in [2.45, 2.75) is 33.1 Å². The number of ketones is 1. The summed E-state index contributed by atoms with van der Waals surface area (Å²) in [5.74, 6) is 0.244. The van der Waals surface area contributed by atoms with Gasteiger partial charge in [0.15, 0.2) is 5.78 Å². The van der Waals surface area contributed by atoms with E-state index in [1.807, 2.05) is 6.92 Å². The van der Waals surface area contributed by atoms with Crippen LogP contribution in [-0.4, -0.2) is 18.4 Å². The number of allylic oxidation sites excluding steroid dienone is 1. The third-order valence-electron chi connectivity index (χ3n) is 3.59. The highest BCUT2D eigenvalue weighted by Crippen LogP contribution is 2.32. The van der Waals surface area contributed by atoms with Gasteiger partial charge in [0, 0.05) is 18.4 Å². The Labute approximate surface area is 126 Å². The molecule has 1 heterocycles. The molecular formula is C15H17BrO4. The van der Waals surface area contributed by atoms with E-state index in [-0.39, 0.29) is 17.7 Å². The Balaban J connectivity index is 2.27. The lowest BCUT2D eigenvalue weighted by Gasteiger charge is -2.24. The Morgan fingerprint density at radius 3 is 2.90 bits per heavy atom. The number of carbonyl (C=O) groups excluding carboxylic acids is 2. The largest absolute Gasteiger partial charge is 0.468 e. The Kier molecular flexibility index (Phi) is 4.81. The minimum atomic E-state index is -0.309. The minimum Gasteiger partial charge on any atom is -0.468 e. The SMILES string of the molecule is CCOC(=O)C1CCC(=O)C(Cc2occc2Br)=C1C. The van der Waals surface area contributed by atoms with Crippen molar-refractivity contribution in [1.29, 1.82) is 0 Å². The van der Waals surface area contributed by atoms with E-state index in [1.165, 1.54) is 0 Å². The number of esters is 1. The molecule has 0 saturated carbocycles. The summed E-state index contributed by atoms with van der Waals surface area (Å²) in [4.78, 5) is 24.0. The molecule has 1 aromatic rings. The number of hydrogen-bond acceptors (Lipinski definition) is 4. The summed E-state index contributed by atoms with van der Waals surface area (Å²) >= 11 is 3.38. The van der Waals surface area contributed by atoms with Crippen molar-refractivity contribution in [1.82, 2.24) is 0 Å². The second kappa shape index (κ2) is 6.39. The second-order valence-corrected chi connectivity index (χ2v) is 5.65. The molecule has 1 aromatic heterocycles. The predicted octanol–water partition coefficient (Wildman–Crippen LogP) is 3.44. The molecule has 0 radical (unpaired) electrons. The van der Waals surface area contributed by atoms with Gasteiger partial charge in [0.1, 0.15) is 5.76 Å². The standard InChI is InChI=1S/C15H17BrO4/c1-3-19-15(18)10-4-5-13(17)11(9(10)2)8-14-12(16)6-7-20-14/h6-7,10H,3-5,8H2,1-2H3. The number of hydrogen-bond donors (Lipinski definition) is 0. The average Bonchev–Trinajstić information content (AvgIpc) is 2.80. The molecule has 0 amide bonds. The van der Waals surface area contributed by atoms with E-state index in [4.69, 9.17) is 9.15 Å². The fourth-order valence-corrected chi connectivity index (χ4v) is 2.80. The first-order chi connectivity index (χ1) is 9.54. The Hall–Kier alpha value is -1.36. The van der Waals surface area contributed by atoms with Crippen LogP contribution in [0.1, 0.15) is 32.4 Å². The molecule has 0 bridgehead atoms. The van der Waals surface area contributed by atoms with Crippen LogP contribution in [0.2, 0.25) is 0 Å². The van der Waals surface area contributed by atoms with E-state index < -0.39 is 0 Å². The molecule has 0 aliphatic heterocycles. The lowest BCUT2D eigenvalue weighted by atomic mass is 9.81. The van der Waals surface area contributed by atoms with Crippen molar-refractivity contribution < 1.29 is 18.7 Å². The van der Waals surface area contributed by atoms with Crippen molar-refractivity contribution in [3.05, 3.63) is 33.7 Å². The van der Waals surface area contributed by atoms with Crippen LogP contribution >= 0.6 is 15.9 Å². The van der Waals surface area contributed by atoms with Crippen LogP contribution in [0, 0.1) is 5.92 Å². The van der Waals surface area contributed by atoms with Gasteiger partial charge in [-0.2, -0.15) is 0 Å². The molecule has 0 N–H and O–H groups in total. The minimum absolute atomic E-state index is 0.0892. The van der Waals surface area contributed by atoms with E-state index >= 15 is 0 Å². The normalized spacial score (nSPS) is 19.4. The first-order valence-electron chi connectivity index (χ1n) is 6.66. The molecule has 0 spiro atoms. The van der Waals surface area contributed by atoms with Crippen molar-refractivity contribution in [3.8, 4) is 0 Å². The predicted molar refractivity (Wildman–Crippen MR) is 77.2 cm³/mol. The summed E-state index contributed by atoms with van der Waals surface area (Å²) in [6, 6.07) is 1.79. The van der Waals surface area contributed by atoms with Crippen molar-refractivity contribution >= 4 is 27.7 Å². The average molecular weight is 341 g/mol. The Bertz CT molecular complexity index is 556. The quantitative estimate of drug-likeness (QED) is 0.787. The molecule has 4 nitrogen and oxygen atoms in total. The summed E-state index contributed by atoms with van der Waals surface area (Å²) in [7, 11) is 0. The summed E-state index contributed by atoms with van der Waals surface area (Å²) in [5.41, 5.74) is 1.48. The summed E-state index contributed by atoms with van der Waals surface area (Å²) < 4.78 is 11.3. The van der Waals surface area contributed by atoms with Gasteiger partial charge in [-0.1, -0.05) is 5.57 Å². The van der Waals surface area contributed by atoms with Gasteiger partial charge in [-0.25, -0.2) is 0 Å². The Morgan fingerprint density at radius 1 is 1.55 bits per heavy atom. The number of rotatable bonds is 4. The molecule has 1 aliphatic rings. The van der Waals surface area contributed by atoms with Crippen LogP contribution in [0.25, 0.3) is 0 Å². The van der Waals surface area contributed by atoms with Crippen LogP contribution in [0.4, 0.5) is 0 Å². The van der Waals surface area contributed by atoms with Gasteiger partial charge < -0.3 is 9.15 Å². The third kappa shape index (κ3) is 3.03. The molecular weight excluding hydrogens is 324 g/mol. The van der Waals surface area contributed by atoms with Gasteiger partial charge in [-0.3, -0.25) is 9.59 Å².